The SMILES string of the molecule is CC(C)(C)C(OC(N)=O)C1CCCN1c1ccncc1[N+](=O)[O-]. The number of pyridine rings is 1. The second kappa shape index (κ2) is 6.39. The van der Waals surface area contributed by atoms with E-state index < -0.39 is 17.1 Å². The maximum atomic E-state index is 11.3. The van der Waals surface area contributed by atoms with Gasteiger partial charge in [0.25, 0.3) is 0 Å². The Morgan fingerprint density at radius 3 is 2.83 bits per heavy atom. The van der Waals surface area contributed by atoms with Crippen molar-refractivity contribution in [3.05, 3.63) is 28.6 Å². The third-order valence-electron chi connectivity index (χ3n) is 4.03. The number of nitrogens with zero attached hydrogens (tertiary/aromatic N) is 3. The minimum Gasteiger partial charge on any atom is -0.444 e. The van der Waals surface area contributed by atoms with Crippen molar-refractivity contribution in [1.29, 1.82) is 0 Å². The molecule has 2 atom stereocenters. The molecule has 1 saturated heterocycles. The number of amides is 1. The molecule has 23 heavy (non-hydrogen) atoms. The maximum Gasteiger partial charge on any atom is 0.404 e. The number of aromatic nitrogens is 1. The first kappa shape index (κ1) is 17.0. The largest absolute Gasteiger partial charge is 0.444 e. The minimum atomic E-state index is -0.832. The van der Waals surface area contributed by atoms with Crippen molar-refractivity contribution in [3.63, 3.8) is 0 Å². The fourth-order valence-corrected chi connectivity index (χ4v) is 3.13. The van der Waals surface area contributed by atoms with Crippen LogP contribution in [-0.4, -0.2) is 34.7 Å². The standard InChI is InChI=1S/C15H22N4O4/c1-15(2,3)13(23-14(16)20)11-5-4-8-18(11)10-6-7-17-9-12(10)19(21)22/h6-7,9,11,13H,4-5,8H2,1-3H3,(H2,16,20). The van der Waals surface area contributed by atoms with E-state index in [4.69, 9.17) is 10.5 Å². The highest BCUT2D eigenvalue weighted by molar-refractivity contribution is 5.66. The number of rotatable bonds is 4. The molecule has 0 aliphatic carbocycles. The van der Waals surface area contributed by atoms with Gasteiger partial charge in [-0.15, -0.1) is 0 Å². The summed E-state index contributed by atoms with van der Waals surface area (Å²) in [6.45, 7) is 6.53. The fourth-order valence-electron chi connectivity index (χ4n) is 3.13. The highest BCUT2D eigenvalue weighted by Gasteiger charge is 2.42. The van der Waals surface area contributed by atoms with Gasteiger partial charge in [-0.2, -0.15) is 0 Å². The Balaban J connectivity index is 2.39. The molecular formula is C15H22N4O4. The smallest absolute Gasteiger partial charge is 0.404 e. The molecule has 0 bridgehead atoms. The summed E-state index contributed by atoms with van der Waals surface area (Å²) in [4.78, 5) is 27.9. The number of nitrogens with two attached hydrogens (primary N) is 1. The molecule has 2 heterocycles. The quantitative estimate of drug-likeness (QED) is 0.673. The van der Waals surface area contributed by atoms with Gasteiger partial charge in [0.15, 0.2) is 0 Å². The molecule has 2 rings (SSSR count). The third kappa shape index (κ3) is 3.69. The van der Waals surface area contributed by atoms with E-state index in [1.165, 1.54) is 12.4 Å². The predicted octanol–water partition coefficient (Wildman–Crippen LogP) is 2.47. The van der Waals surface area contributed by atoms with Crippen molar-refractivity contribution in [1.82, 2.24) is 4.98 Å². The average molecular weight is 322 g/mol. The maximum absolute atomic E-state index is 11.3. The van der Waals surface area contributed by atoms with Crippen LogP contribution in [0.15, 0.2) is 18.5 Å². The van der Waals surface area contributed by atoms with E-state index in [1.807, 2.05) is 25.7 Å². The molecule has 1 aromatic rings. The van der Waals surface area contributed by atoms with Crippen molar-refractivity contribution >= 4 is 17.5 Å². The number of anilines is 1. The predicted molar refractivity (Wildman–Crippen MR) is 85.2 cm³/mol. The van der Waals surface area contributed by atoms with Gasteiger partial charge in [-0.05, 0) is 18.9 Å². The Morgan fingerprint density at radius 1 is 1.57 bits per heavy atom. The molecule has 2 N–H and O–H groups in total. The van der Waals surface area contributed by atoms with Gasteiger partial charge in [-0.25, -0.2) is 4.79 Å². The monoisotopic (exact) mass is 322 g/mol. The van der Waals surface area contributed by atoms with E-state index in [1.54, 1.807) is 6.07 Å². The van der Waals surface area contributed by atoms with Crippen LogP contribution in [0.4, 0.5) is 16.2 Å². The van der Waals surface area contributed by atoms with E-state index in [-0.39, 0.29) is 17.1 Å². The van der Waals surface area contributed by atoms with Gasteiger partial charge in [-0.1, -0.05) is 20.8 Å². The van der Waals surface area contributed by atoms with E-state index >= 15 is 0 Å². The summed E-state index contributed by atoms with van der Waals surface area (Å²) < 4.78 is 5.36. The van der Waals surface area contributed by atoms with Crippen LogP contribution in [-0.2, 0) is 4.74 Å². The van der Waals surface area contributed by atoms with Crippen molar-refractivity contribution in [2.24, 2.45) is 11.1 Å². The molecule has 0 spiro atoms. The summed E-state index contributed by atoms with van der Waals surface area (Å²) in [7, 11) is 0. The van der Waals surface area contributed by atoms with Crippen LogP contribution in [0.1, 0.15) is 33.6 Å². The molecule has 126 valence electrons. The lowest BCUT2D eigenvalue weighted by Crippen LogP contribution is -2.49. The number of hydrogen-bond donors (Lipinski definition) is 1. The summed E-state index contributed by atoms with van der Waals surface area (Å²) in [6, 6.07) is 1.46. The number of carbonyl (C=O) groups is 1. The van der Waals surface area contributed by atoms with Gasteiger partial charge < -0.3 is 15.4 Å². The van der Waals surface area contributed by atoms with Gasteiger partial charge >= 0.3 is 11.8 Å². The number of nitro groups is 1. The molecule has 1 aliphatic rings. The molecule has 2 unspecified atom stereocenters. The van der Waals surface area contributed by atoms with E-state index in [2.05, 4.69) is 4.98 Å². The summed E-state index contributed by atoms with van der Waals surface area (Å²) in [5.41, 5.74) is 5.32. The van der Waals surface area contributed by atoms with Crippen LogP contribution in [0.5, 0.6) is 0 Å². The third-order valence-corrected chi connectivity index (χ3v) is 4.03. The summed E-state index contributed by atoms with van der Waals surface area (Å²) in [5.74, 6) is 0. The molecule has 1 aromatic heterocycles. The second-order valence-corrected chi connectivity index (χ2v) is 6.75. The Hall–Kier alpha value is -2.38. The number of carbonyl (C=O) groups excluding carboxylic acids is 1. The topological polar surface area (TPSA) is 112 Å². The Bertz CT molecular complexity index is 599. The van der Waals surface area contributed by atoms with E-state index in [0.29, 0.717) is 12.2 Å². The molecule has 8 nitrogen and oxygen atoms in total. The van der Waals surface area contributed by atoms with Gasteiger partial charge in [0, 0.05) is 18.2 Å². The Labute approximate surface area is 134 Å². The molecule has 1 fully saturated rings. The molecular weight excluding hydrogens is 300 g/mol. The fraction of sp³-hybridized carbons (Fsp3) is 0.600. The zero-order valence-corrected chi connectivity index (χ0v) is 13.6. The lowest BCUT2D eigenvalue weighted by molar-refractivity contribution is -0.384. The van der Waals surface area contributed by atoms with Crippen LogP contribution < -0.4 is 10.6 Å². The van der Waals surface area contributed by atoms with Crippen LogP contribution in [0, 0.1) is 15.5 Å². The number of ether oxygens (including phenoxy) is 1. The molecule has 0 aromatic carbocycles. The van der Waals surface area contributed by atoms with Gasteiger partial charge in [-0.3, -0.25) is 15.1 Å². The van der Waals surface area contributed by atoms with E-state index in [0.717, 1.165) is 12.8 Å². The highest BCUT2D eigenvalue weighted by atomic mass is 16.6. The first-order chi connectivity index (χ1) is 10.7. The van der Waals surface area contributed by atoms with Crippen molar-refractivity contribution in [2.45, 2.75) is 45.8 Å². The average Bonchev–Trinajstić information content (AvgIpc) is 2.92. The van der Waals surface area contributed by atoms with Crippen molar-refractivity contribution in [2.75, 3.05) is 11.4 Å². The minimum absolute atomic E-state index is 0.0499. The number of hydrogen-bond acceptors (Lipinski definition) is 6. The van der Waals surface area contributed by atoms with E-state index in [9.17, 15) is 14.9 Å². The van der Waals surface area contributed by atoms with Crippen LogP contribution in [0.25, 0.3) is 0 Å². The lowest BCUT2D eigenvalue weighted by Gasteiger charge is -2.39. The summed E-state index contributed by atoms with van der Waals surface area (Å²) >= 11 is 0. The summed E-state index contributed by atoms with van der Waals surface area (Å²) in [6.07, 6.45) is 3.11. The Morgan fingerprint density at radius 2 is 2.26 bits per heavy atom. The molecule has 1 amide bonds. The molecule has 0 saturated carbocycles. The normalized spacial score (nSPS) is 19.4. The molecule has 8 heteroatoms. The van der Waals surface area contributed by atoms with Gasteiger partial charge in [0.1, 0.15) is 18.0 Å². The van der Waals surface area contributed by atoms with Crippen molar-refractivity contribution in [3.8, 4) is 0 Å². The van der Waals surface area contributed by atoms with Crippen LogP contribution >= 0.6 is 0 Å². The Kier molecular flexibility index (Phi) is 4.72. The van der Waals surface area contributed by atoms with Gasteiger partial charge in [0.05, 0.1) is 11.0 Å². The zero-order valence-electron chi connectivity index (χ0n) is 13.6. The molecule has 0 radical (unpaired) electrons. The van der Waals surface area contributed by atoms with Crippen LogP contribution in [0.3, 0.4) is 0 Å². The highest BCUT2D eigenvalue weighted by Crippen LogP contribution is 2.38. The van der Waals surface area contributed by atoms with Crippen LogP contribution in [0.2, 0.25) is 0 Å². The zero-order chi connectivity index (χ0) is 17.2. The van der Waals surface area contributed by atoms with Crippen molar-refractivity contribution < 1.29 is 14.5 Å². The van der Waals surface area contributed by atoms with Gasteiger partial charge in [0.2, 0.25) is 0 Å². The second-order valence-electron chi connectivity index (χ2n) is 6.75. The first-order valence-electron chi connectivity index (χ1n) is 7.53. The summed E-state index contributed by atoms with van der Waals surface area (Å²) in [5, 5.41) is 11.3. The lowest BCUT2D eigenvalue weighted by atomic mass is 9.83. The number of primary amides is 1. The first-order valence-corrected chi connectivity index (χ1v) is 7.53. The molecule has 1 aliphatic heterocycles.